The van der Waals surface area contributed by atoms with Crippen LogP contribution in [0.4, 0.5) is 10.1 Å². The summed E-state index contributed by atoms with van der Waals surface area (Å²) in [5.74, 6) is 1.78. The van der Waals surface area contributed by atoms with Crippen molar-refractivity contribution >= 4 is 21.6 Å². The number of benzene rings is 1. The van der Waals surface area contributed by atoms with Crippen LogP contribution in [0.15, 0.2) is 16.6 Å². The van der Waals surface area contributed by atoms with Gasteiger partial charge in [0.1, 0.15) is 11.6 Å². The Morgan fingerprint density at radius 2 is 2.20 bits per heavy atom. The van der Waals surface area contributed by atoms with Gasteiger partial charge in [0.15, 0.2) is 5.82 Å². The van der Waals surface area contributed by atoms with E-state index in [-0.39, 0.29) is 5.82 Å². The molecule has 0 unspecified atom stereocenters. The Balaban J connectivity index is 1.77. The molecule has 2 aromatic rings. The van der Waals surface area contributed by atoms with Crippen molar-refractivity contribution < 1.29 is 4.39 Å². The van der Waals surface area contributed by atoms with Gasteiger partial charge in [0.25, 0.3) is 0 Å². The number of fused-ring (bicyclic) bond motifs is 1. The van der Waals surface area contributed by atoms with E-state index in [4.69, 9.17) is 0 Å². The highest BCUT2D eigenvalue weighted by Crippen LogP contribution is 2.25. The molecule has 3 rings (SSSR count). The Morgan fingerprint density at radius 1 is 1.35 bits per heavy atom. The SMILES string of the molecule is Cc1cc(F)c(Br)cc1NCc1nnc2n1CCCC2. The smallest absolute Gasteiger partial charge is 0.152 e. The number of nitrogens with one attached hydrogen (secondary N) is 1. The quantitative estimate of drug-likeness (QED) is 0.932. The topological polar surface area (TPSA) is 42.7 Å². The zero-order valence-corrected chi connectivity index (χ0v) is 12.9. The summed E-state index contributed by atoms with van der Waals surface area (Å²) in [6.07, 6.45) is 3.38. The van der Waals surface area contributed by atoms with E-state index in [2.05, 4.69) is 36.0 Å². The average Bonchev–Trinajstić information content (AvgIpc) is 2.85. The Hall–Kier alpha value is -1.43. The lowest BCUT2D eigenvalue weighted by Gasteiger charge is -2.16. The number of hydrogen-bond donors (Lipinski definition) is 1. The maximum absolute atomic E-state index is 13.4. The summed E-state index contributed by atoms with van der Waals surface area (Å²) in [4.78, 5) is 0. The number of aromatic nitrogens is 3. The summed E-state index contributed by atoms with van der Waals surface area (Å²) in [5.41, 5.74) is 1.79. The number of halogens is 2. The van der Waals surface area contributed by atoms with Crippen molar-refractivity contribution in [3.63, 3.8) is 0 Å². The summed E-state index contributed by atoms with van der Waals surface area (Å²) >= 11 is 3.21. The maximum Gasteiger partial charge on any atom is 0.152 e. The van der Waals surface area contributed by atoms with Crippen molar-refractivity contribution in [1.82, 2.24) is 14.8 Å². The minimum atomic E-state index is -0.243. The normalized spacial score (nSPS) is 14.2. The van der Waals surface area contributed by atoms with Gasteiger partial charge in [-0.05, 0) is 53.4 Å². The first-order valence-corrected chi connectivity index (χ1v) is 7.55. The number of anilines is 1. The molecule has 0 amide bonds. The van der Waals surface area contributed by atoms with Crippen LogP contribution in [0.2, 0.25) is 0 Å². The third-order valence-electron chi connectivity index (χ3n) is 3.64. The van der Waals surface area contributed by atoms with Crippen LogP contribution in [-0.2, 0) is 19.5 Å². The third kappa shape index (κ3) is 2.57. The summed E-state index contributed by atoms with van der Waals surface area (Å²) in [7, 11) is 0. The molecule has 4 nitrogen and oxygen atoms in total. The molecule has 20 heavy (non-hydrogen) atoms. The first kappa shape index (κ1) is 13.5. The Morgan fingerprint density at radius 3 is 3.05 bits per heavy atom. The molecule has 1 aliphatic heterocycles. The van der Waals surface area contributed by atoms with E-state index in [0.717, 1.165) is 35.9 Å². The van der Waals surface area contributed by atoms with E-state index < -0.39 is 0 Å². The van der Waals surface area contributed by atoms with Gasteiger partial charge >= 0.3 is 0 Å². The summed E-state index contributed by atoms with van der Waals surface area (Å²) in [6, 6.07) is 3.28. The molecule has 0 spiro atoms. The molecule has 1 N–H and O–H groups in total. The number of rotatable bonds is 3. The van der Waals surface area contributed by atoms with Crippen molar-refractivity contribution in [1.29, 1.82) is 0 Å². The highest BCUT2D eigenvalue weighted by atomic mass is 79.9. The highest BCUT2D eigenvalue weighted by Gasteiger charge is 2.15. The van der Waals surface area contributed by atoms with Crippen LogP contribution < -0.4 is 5.32 Å². The van der Waals surface area contributed by atoms with Gasteiger partial charge in [-0.2, -0.15) is 0 Å². The van der Waals surface area contributed by atoms with E-state index in [9.17, 15) is 4.39 Å². The van der Waals surface area contributed by atoms with Crippen LogP contribution in [0.3, 0.4) is 0 Å². The van der Waals surface area contributed by atoms with Crippen LogP contribution in [0.25, 0.3) is 0 Å². The predicted molar refractivity (Wildman–Crippen MR) is 79.1 cm³/mol. The van der Waals surface area contributed by atoms with E-state index >= 15 is 0 Å². The van der Waals surface area contributed by atoms with E-state index in [1.165, 1.54) is 18.9 Å². The van der Waals surface area contributed by atoms with Crippen LogP contribution in [0.1, 0.15) is 30.1 Å². The molecule has 2 heterocycles. The zero-order chi connectivity index (χ0) is 14.1. The fraction of sp³-hybridized carbons (Fsp3) is 0.429. The molecule has 0 saturated heterocycles. The number of nitrogens with zero attached hydrogens (tertiary/aromatic N) is 3. The molecule has 1 aliphatic rings. The molecule has 1 aromatic carbocycles. The predicted octanol–water partition coefficient (Wildman–Crippen LogP) is 3.44. The lowest BCUT2D eigenvalue weighted by atomic mass is 10.1. The third-order valence-corrected chi connectivity index (χ3v) is 4.25. The summed E-state index contributed by atoms with van der Waals surface area (Å²) in [6.45, 7) is 3.48. The fourth-order valence-electron chi connectivity index (χ4n) is 2.51. The molecule has 0 atom stereocenters. The first-order chi connectivity index (χ1) is 9.65. The van der Waals surface area contributed by atoms with Gasteiger partial charge in [0.05, 0.1) is 11.0 Å². The molecule has 1 aromatic heterocycles. The van der Waals surface area contributed by atoms with Gasteiger partial charge < -0.3 is 9.88 Å². The van der Waals surface area contributed by atoms with Gasteiger partial charge in [0.2, 0.25) is 0 Å². The minimum Gasteiger partial charge on any atom is -0.377 e. The van der Waals surface area contributed by atoms with Crippen molar-refractivity contribution in [3.05, 3.63) is 39.6 Å². The van der Waals surface area contributed by atoms with Gasteiger partial charge in [-0.3, -0.25) is 0 Å². The van der Waals surface area contributed by atoms with Crippen molar-refractivity contribution in [2.45, 2.75) is 39.3 Å². The molecule has 0 fully saturated rings. The molecule has 0 saturated carbocycles. The second-order valence-corrected chi connectivity index (χ2v) is 5.93. The molecular weight excluding hydrogens is 323 g/mol. The molecule has 0 bridgehead atoms. The Bertz CT molecular complexity index is 638. The Kier molecular flexibility index (Phi) is 3.74. The van der Waals surface area contributed by atoms with Gasteiger partial charge in [-0.1, -0.05) is 0 Å². The van der Waals surface area contributed by atoms with Crippen LogP contribution in [0, 0.1) is 12.7 Å². The van der Waals surface area contributed by atoms with Crippen molar-refractivity contribution in [2.75, 3.05) is 5.32 Å². The largest absolute Gasteiger partial charge is 0.377 e. The zero-order valence-electron chi connectivity index (χ0n) is 11.3. The van der Waals surface area contributed by atoms with E-state index in [1.807, 2.05) is 6.92 Å². The molecule has 106 valence electrons. The fourth-order valence-corrected chi connectivity index (χ4v) is 2.85. The second-order valence-electron chi connectivity index (χ2n) is 5.08. The van der Waals surface area contributed by atoms with Crippen molar-refractivity contribution in [2.24, 2.45) is 0 Å². The van der Waals surface area contributed by atoms with E-state index in [1.54, 1.807) is 6.07 Å². The molecule has 0 aliphatic carbocycles. The molecule has 6 heteroatoms. The summed E-state index contributed by atoms with van der Waals surface area (Å²) in [5, 5.41) is 11.8. The highest BCUT2D eigenvalue weighted by molar-refractivity contribution is 9.10. The minimum absolute atomic E-state index is 0.243. The van der Waals surface area contributed by atoms with E-state index in [0.29, 0.717) is 11.0 Å². The maximum atomic E-state index is 13.4. The van der Waals surface area contributed by atoms with Gasteiger partial charge in [-0.25, -0.2) is 4.39 Å². The Labute approximate surface area is 125 Å². The first-order valence-electron chi connectivity index (χ1n) is 6.75. The molecule has 0 radical (unpaired) electrons. The number of aryl methyl sites for hydroxylation is 2. The van der Waals surface area contributed by atoms with Crippen LogP contribution in [0.5, 0.6) is 0 Å². The van der Waals surface area contributed by atoms with Gasteiger partial charge in [-0.15, -0.1) is 10.2 Å². The summed E-state index contributed by atoms with van der Waals surface area (Å²) < 4.78 is 16.0. The monoisotopic (exact) mass is 338 g/mol. The molecular formula is C14H16BrFN4. The van der Waals surface area contributed by atoms with Crippen LogP contribution >= 0.6 is 15.9 Å². The lowest BCUT2D eigenvalue weighted by Crippen LogP contribution is -2.15. The number of hydrogen-bond acceptors (Lipinski definition) is 3. The van der Waals surface area contributed by atoms with Crippen LogP contribution in [-0.4, -0.2) is 14.8 Å². The second kappa shape index (κ2) is 5.52. The standard InChI is InChI=1S/C14H16BrFN4/c1-9-6-11(16)10(15)7-12(9)17-8-14-19-18-13-4-2-3-5-20(13)14/h6-7,17H,2-5,8H2,1H3. The van der Waals surface area contributed by atoms with Gasteiger partial charge in [0, 0.05) is 18.7 Å². The average molecular weight is 339 g/mol. The lowest BCUT2D eigenvalue weighted by molar-refractivity contribution is 0.510. The van der Waals surface area contributed by atoms with Crippen molar-refractivity contribution in [3.8, 4) is 0 Å².